The molecule has 29 heavy (non-hydrogen) atoms. The summed E-state index contributed by atoms with van der Waals surface area (Å²) in [6, 6.07) is 41.1. The molecular weight excluding hydrogens is 419 g/mol. The van der Waals surface area contributed by atoms with Crippen molar-refractivity contribution in [3.8, 4) is 0 Å². The van der Waals surface area contributed by atoms with Crippen molar-refractivity contribution in [1.82, 2.24) is 0 Å². The summed E-state index contributed by atoms with van der Waals surface area (Å²) in [5.74, 6) is 0. The average Bonchev–Trinajstić information content (AvgIpc) is 2.81. The van der Waals surface area contributed by atoms with Crippen molar-refractivity contribution in [1.29, 1.82) is 0 Å². The van der Waals surface area contributed by atoms with Crippen LogP contribution in [-0.4, -0.2) is 24.4 Å². The van der Waals surface area contributed by atoms with E-state index in [1.807, 2.05) is 21.2 Å². The van der Waals surface area contributed by atoms with Crippen LogP contribution in [-0.2, 0) is 11.8 Å². The Morgan fingerprint density at radius 3 is 1.21 bits per heavy atom. The molecule has 0 spiro atoms. The van der Waals surface area contributed by atoms with Crippen molar-refractivity contribution in [3.05, 3.63) is 121 Å². The molecule has 0 saturated carbocycles. The van der Waals surface area contributed by atoms with Gasteiger partial charge in [0.05, 0.1) is 0 Å². The number of rotatable bonds is 6. The van der Waals surface area contributed by atoms with Gasteiger partial charge in [0.2, 0.25) is 0 Å². The van der Waals surface area contributed by atoms with Crippen LogP contribution in [0.25, 0.3) is 0 Å². The topological polar surface area (TPSA) is 0 Å². The van der Waals surface area contributed by atoms with Crippen LogP contribution in [0.5, 0.6) is 0 Å². The summed E-state index contributed by atoms with van der Waals surface area (Å²) >= 11 is 8.66. The van der Waals surface area contributed by atoms with Gasteiger partial charge in [-0.2, -0.15) is 0 Å². The molecule has 4 rings (SSSR count). The van der Waals surface area contributed by atoms with Gasteiger partial charge in [-0.15, -0.1) is 0 Å². The fourth-order valence-electron chi connectivity index (χ4n) is 3.47. The Hall–Kier alpha value is -1.40. The van der Waals surface area contributed by atoms with Crippen molar-refractivity contribution in [3.63, 3.8) is 0 Å². The molecular formula is C25H20MgP2S. The predicted molar refractivity (Wildman–Crippen MR) is 136 cm³/mol. The first kappa shape index (κ1) is 20.9. The third kappa shape index (κ3) is 4.38. The van der Waals surface area contributed by atoms with E-state index < -0.39 is 14.0 Å². The van der Waals surface area contributed by atoms with Crippen molar-refractivity contribution in [2.24, 2.45) is 0 Å². The first-order valence-corrected chi connectivity index (χ1v) is 14.4. The molecule has 138 valence electrons. The van der Waals surface area contributed by atoms with Gasteiger partial charge in [-0.25, -0.2) is 0 Å². The number of benzene rings is 4. The van der Waals surface area contributed by atoms with Gasteiger partial charge in [0.25, 0.3) is 0 Å². The summed E-state index contributed by atoms with van der Waals surface area (Å²) in [6.07, 6.45) is 0. The van der Waals surface area contributed by atoms with Gasteiger partial charge in [-0.05, 0) is 0 Å². The second-order valence-corrected chi connectivity index (χ2v) is 15.6. The third-order valence-electron chi connectivity index (χ3n) is 4.89. The van der Waals surface area contributed by atoms with Crippen LogP contribution < -0.4 is 21.2 Å². The van der Waals surface area contributed by atoms with Crippen LogP contribution in [0.2, 0.25) is 0 Å². The molecule has 0 bridgehead atoms. The molecule has 4 heteroatoms. The van der Waals surface area contributed by atoms with Crippen LogP contribution >= 0.6 is 14.0 Å². The molecule has 0 unspecified atom stereocenters. The van der Waals surface area contributed by atoms with Crippen molar-refractivity contribution < 1.29 is 0 Å². The van der Waals surface area contributed by atoms with Gasteiger partial charge < -0.3 is 0 Å². The van der Waals surface area contributed by atoms with Gasteiger partial charge in [0, 0.05) is 0 Å². The van der Waals surface area contributed by atoms with E-state index in [2.05, 4.69) is 121 Å². The molecule has 0 heterocycles. The fraction of sp³-hybridized carbons (Fsp3) is 0. The zero-order valence-electron chi connectivity index (χ0n) is 16.1. The zero-order valence-corrected chi connectivity index (χ0v) is 20.1. The number of hydrogen-bond donors (Lipinski definition) is 0. The maximum atomic E-state index is 6.63. The molecule has 0 aromatic heterocycles. The Bertz CT molecular complexity index is 1050. The molecule has 0 radical (unpaired) electrons. The van der Waals surface area contributed by atoms with Crippen LogP contribution in [0.15, 0.2) is 121 Å². The molecule has 0 nitrogen and oxygen atoms in total. The van der Waals surface area contributed by atoms with Crippen molar-refractivity contribution in [2.75, 3.05) is 0 Å². The van der Waals surface area contributed by atoms with Gasteiger partial charge >= 0.3 is 193 Å². The fourth-order valence-corrected chi connectivity index (χ4v) is 13.5. The molecule has 0 saturated heterocycles. The zero-order chi connectivity index (χ0) is 20.1. The SMILES string of the molecule is [Mg]=[C](P(c1ccccc1)c1ccccc1)P(=S)(c1ccccc1)c1ccccc1. The molecule has 4 aromatic rings. The van der Waals surface area contributed by atoms with Gasteiger partial charge in [-0.1, -0.05) is 0 Å². The summed E-state index contributed by atoms with van der Waals surface area (Å²) in [6.45, 7) is 0. The second-order valence-electron chi connectivity index (χ2n) is 6.70. The van der Waals surface area contributed by atoms with Crippen LogP contribution in [0.4, 0.5) is 0 Å². The molecule has 0 aliphatic heterocycles. The normalized spacial score (nSPS) is 11.4. The van der Waals surface area contributed by atoms with E-state index in [4.69, 9.17) is 11.8 Å². The summed E-state index contributed by atoms with van der Waals surface area (Å²) in [7, 11) is -0.673. The van der Waals surface area contributed by atoms with E-state index in [0.717, 1.165) is 0 Å². The molecule has 4 aromatic carbocycles. The summed E-state index contributed by atoms with van der Waals surface area (Å²) in [5.41, 5.74) is 0. The second kappa shape index (κ2) is 9.60. The molecule has 0 aliphatic rings. The molecule has 0 fully saturated rings. The Balaban J connectivity index is 1.94. The first-order chi connectivity index (χ1) is 14.2. The van der Waals surface area contributed by atoms with Gasteiger partial charge in [0.15, 0.2) is 0 Å². The maximum absolute atomic E-state index is 6.63. The minimum absolute atomic E-state index is 0.673. The van der Waals surface area contributed by atoms with Gasteiger partial charge in [0.1, 0.15) is 0 Å². The average molecular weight is 439 g/mol. The minimum atomic E-state index is -2.11. The molecule has 0 atom stereocenters. The van der Waals surface area contributed by atoms with Gasteiger partial charge in [-0.3, -0.25) is 0 Å². The first-order valence-electron chi connectivity index (χ1n) is 9.52. The van der Waals surface area contributed by atoms with Crippen molar-refractivity contribution >= 4 is 71.3 Å². The molecule has 0 N–H and O–H groups in total. The van der Waals surface area contributed by atoms with E-state index in [9.17, 15) is 0 Å². The predicted octanol–water partition coefficient (Wildman–Crippen LogP) is 4.51. The van der Waals surface area contributed by atoms with E-state index in [1.54, 1.807) is 0 Å². The Labute approximate surface area is 191 Å². The standard InChI is InChI=1S/C25H20P2S.Mg/c28-27(24-17-9-3-10-18-24,25-19-11-4-12-20-25)21-26(22-13-5-1-6-14-22)23-15-7-2-8-16-23;/h1-20H;. The van der Waals surface area contributed by atoms with E-state index in [1.165, 1.54) is 24.3 Å². The summed E-state index contributed by atoms with van der Waals surface area (Å²) in [4.78, 5) is 0. The Morgan fingerprint density at radius 1 is 0.552 bits per heavy atom. The van der Waals surface area contributed by atoms with Crippen LogP contribution in [0.3, 0.4) is 0 Å². The van der Waals surface area contributed by atoms with E-state index >= 15 is 0 Å². The quantitative estimate of drug-likeness (QED) is 0.315. The third-order valence-corrected chi connectivity index (χ3v) is 16.7. The van der Waals surface area contributed by atoms with E-state index in [-0.39, 0.29) is 0 Å². The van der Waals surface area contributed by atoms with Crippen LogP contribution in [0, 0.1) is 0 Å². The Kier molecular flexibility index (Phi) is 6.91. The monoisotopic (exact) mass is 438 g/mol. The van der Waals surface area contributed by atoms with E-state index in [0.29, 0.717) is 0 Å². The Morgan fingerprint density at radius 2 is 0.862 bits per heavy atom. The number of hydrogen-bond acceptors (Lipinski definition) is 1. The summed E-state index contributed by atoms with van der Waals surface area (Å²) in [5, 5.41) is 5.26. The van der Waals surface area contributed by atoms with Crippen LogP contribution in [0.1, 0.15) is 0 Å². The molecule has 0 amide bonds. The van der Waals surface area contributed by atoms with Crippen molar-refractivity contribution in [2.45, 2.75) is 0 Å². The summed E-state index contributed by atoms with van der Waals surface area (Å²) < 4.78 is 1.44. The molecule has 0 aliphatic carbocycles.